The van der Waals surface area contributed by atoms with Crippen LogP contribution in [0.3, 0.4) is 0 Å². The van der Waals surface area contributed by atoms with Gasteiger partial charge in [-0.2, -0.15) is 0 Å². The van der Waals surface area contributed by atoms with E-state index >= 15 is 0 Å². The Morgan fingerprint density at radius 3 is 2.21 bits per heavy atom. The first-order valence-electron chi connectivity index (χ1n) is 6.52. The van der Waals surface area contributed by atoms with Crippen LogP contribution in [-0.4, -0.2) is 57.4 Å². The van der Waals surface area contributed by atoms with Crippen LogP contribution in [-0.2, 0) is 0 Å². The summed E-state index contributed by atoms with van der Waals surface area (Å²) in [4.78, 5) is 2.49. The second-order valence-electron chi connectivity index (χ2n) is 4.66. The van der Waals surface area contributed by atoms with Gasteiger partial charge in [-0.15, -0.1) is 0 Å². The normalized spacial score (nSPS) is 18.7. The van der Waals surface area contributed by atoms with Crippen molar-refractivity contribution in [1.29, 1.82) is 0 Å². The quantitative estimate of drug-likeness (QED) is 0.846. The number of rotatable bonds is 2. The molecule has 0 aliphatic carbocycles. The van der Waals surface area contributed by atoms with Crippen molar-refractivity contribution in [2.24, 2.45) is 0 Å². The Balaban J connectivity index is 0.00000133. The molecule has 1 heterocycles. The molecule has 0 spiro atoms. The van der Waals surface area contributed by atoms with E-state index in [1.807, 2.05) is 0 Å². The number of benzene rings is 2. The van der Waals surface area contributed by atoms with E-state index in [0.717, 1.165) is 19.6 Å². The second kappa shape index (κ2) is 7.30. The maximum atomic E-state index is 3.49. The molecule has 0 amide bonds. The van der Waals surface area contributed by atoms with E-state index in [1.54, 1.807) is 0 Å². The van der Waals surface area contributed by atoms with Crippen LogP contribution in [0.5, 0.6) is 0 Å². The fourth-order valence-electron chi connectivity index (χ4n) is 2.61. The van der Waals surface area contributed by atoms with E-state index in [-0.39, 0.29) is 37.7 Å². The van der Waals surface area contributed by atoms with Gasteiger partial charge < -0.3 is 10.2 Å². The Kier molecular flexibility index (Phi) is 5.71. The molecule has 1 atom stereocenters. The molecule has 0 aromatic heterocycles. The molecule has 2 nitrogen and oxygen atoms in total. The Morgan fingerprint density at radius 2 is 1.53 bits per heavy atom. The molecule has 19 heavy (non-hydrogen) atoms. The summed E-state index contributed by atoms with van der Waals surface area (Å²) in [5.41, 5.74) is 2.70. The van der Waals surface area contributed by atoms with Crippen molar-refractivity contribution < 1.29 is 0 Å². The van der Waals surface area contributed by atoms with Gasteiger partial charge in [-0.1, -0.05) is 48.5 Å². The molecule has 1 fully saturated rings. The van der Waals surface area contributed by atoms with Crippen molar-refractivity contribution in [3.8, 4) is 0 Å². The fraction of sp³-hybridized carbons (Fsp3) is 0.250. The third-order valence-corrected chi connectivity index (χ3v) is 3.52. The van der Waals surface area contributed by atoms with Crippen molar-refractivity contribution in [3.05, 3.63) is 66.2 Å². The van der Waals surface area contributed by atoms with E-state index in [4.69, 9.17) is 0 Å². The third kappa shape index (κ3) is 3.51. The van der Waals surface area contributed by atoms with E-state index in [9.17, 15) is 0 Å². The summed E-state index contributed by atoms with van der Waals surface area (Å²) in [6.07, 6.45) is 0. The SMILES string of the molecule is [CaH2].c1ccc(C2CNCCN2c2ccccc2)cc1. The van der Waals surface area contributed by atoms with Gasteiger partial charge in [0.05, 0.1) is 6.04 Å². The van der Waals surface area contributed by atoms with Gasteiger partial charge in [0.25, 0.3) is 0 Å². The number of anilines is 1. The first kappa shape index (κ1) is 14.9. The fourth-order valence-corrected chi connectivity index (χ4v) is 2.61. The van der Waals surface area contributed by atoms with Gasteiger partial charge in [0.2, 0.25) is 0 Å². The zero-order valence-electron chi connectivity index (χ0n) is 10.4. The number of nitrogens with one attached hydrogen (secondary N) is 1. The average Bonchev–Trinajstić information content (AvgIpc) is 2.49. The molecule has 2 aromatic carbocycles. The topological polar surface area (TPSA) is 15.3 Å². The van der Waals surface area contributed by atoms with E-state index in [1.165, 1.54) is 11.3 Å². The predicted molar refractivity (Wildman–Crippen MR) is 84.4 cm³/mol. The molecule has 0 saturated carbocycles. The smallest absolute Gasteiger partial charge is 0.0667 e. The van der Waals surface area contributed by atoms with Crippen LogP contribution >= 0.6 is 0 Å². The van der Waals surface area contributed by atoms with Crippen molar-refractivity contribution in [2.45, 2.75) is 6.04 Å². The zero-order valence-corrected chi connectivity index (χ0v) is 10.4. The molecule has 0 radical (unpaired) electrons. The van der Waals surface area contributed by atoms with Crippen LogP contribution in [0.4, 0.5) is 5.69 Å². The third-order valence-electron chi connectivity index (χ3n) is 3.52. The largest absolute Gasteiger partial charge is 0.362 e. The van der Waals surface area contributed by atoms with Gasteiger partial charge in [0, 0.05) is 25.3 Å². The van der Waals surface area contributed by atoms with Crippen LogP contribution < -0.4 is 10.2 Å². The van der Waals surface area contributed by atoms with Crippen LogP contribution in [0.1, 0.15) is 11.6 Å². The zero-order chi connectivity index (χ0) is 12.2. The molecular weight excluding hydrogens is 260 g/mol. The summed E-state index contributed by atoms with van der Waals surface area (Å²) >= 11 is 0. The average molecular weight is 280 g/mol. The Bertz CT molecular complexity index is 439. The molecule has 1 aliphatic rings. The summed E-state index contributed by atoms with van der Waals surface area (Å²) in [7, 11) is 0. The van der Waals surface area contributed by atoms with Gasteiger partial charge in [0.15, 0.2) is 0 Å². The molecule has 1 unspecified atom stereocenters. The van der Waals surface area contributed by atoms with E-state index in [2.05, 4.69) is 70.9 Å². The van der Waals surface area contributed by atoms with Crippen molar-refractivity contribution in [1.82, 2.24) is 5.32 Å². The van der Waals surface area contributed by atoms with E-state index < -0.39 is 0 Å². The molecule has 1 aliphatic heterocycles. The maximum absolute atomic E-state index is 3.49. The first-order valence-corrected chi connectivity index (χ1v) is 6.52. The van der Waals surface area contributed by atoms with Crippen LogP contribution in [0.15, 0.2) is 60.7 Å². The number of nitrogens with zero attached hydrogens (tertiary/aromatic N) is 1. The van der Waals surface area contributed by atoms with Crippen LogP contribution in [0, 0.1) is 0 Å². The van der Waals surface area contributed by atoms with Crippen molar-refractivity contribution in [3.63, 3.8) is 0 Å². The van der Waals surface area contributed by atoms with Crippen molar-refractivity contribution >= 4 is 43.4 Å². The van der Waals surface area contributed by atoms with E-state index in [0.29, 0.717) is 6.04 Å². The molecule has 2 aromatic rings. The van der Waals surface area contributed by atoms with Gasteiger partial charge >= 0.3 is 37.7 Å². The summed E-state index contributed by atoms with van der Waals surface area (Å²) < 4.78 is 0. The molecule has 3 heteroatoms. The Hall–Kier alpha value is -0.540. The first-order chi connectivity index (χ1) is 8.95. The molecule has 96 valence electrons. The molecule has 1 N–H and O–H groups in total. The van der Waals surface area contributed by atoms with Crippen LogP contribution in [0.2, 0.25) is 0 Å². The molecule has 0 bridgehead atoms. The molecule has 3 rings (SSSR count). The summed E-state index contributed by atoms with van der Waals surface area (Å²) in [6, 6.07) is 21.9. The minimum atomic E-state index is 0. The Labute approximate surface area is 144 Å². The van der Waals surface area contributed by atoms with Gasteiger partial charge in [-0.05, 0) is 17.7 Å². The Morgan fingerprint density at radius 1 is 0.895 bits per heavy atom. The summed E-state index contributed by atoms with van der Waals surface area (Å²) in [5.74, 6) is 0. The van der Waals surface area contributed by atoms with Gasteiger partial charge in [-0.25, -0.2) is 0 Å². The monoisotopic (exact) mass is 280 g/mol. The number of hydrogen-bond acceptors (Lipinski definition) is 2. The number of para-hydroxylation sites is 1. The van der Waals surface area contributed by atoms with Crippen LogP contribution in [0.25, 0.3) is 0 Å². The summed E-state index contributed by atoms with van der Waals surface area (Å²) in [5, 5.41) is 3.49. The number of hydrogen-bond donors (Lipinski definition) is 1. The molecular formula is C16H20CaN2. The molecule has 1 saturated heterocycles. The minimum Gasteiger partial charge on any atom is -0.362 e. The number of piperazine rings is 1. The second-order valence-corrected chi connectivity index (χ2v) is 4.66. The van der Waals surface area contributed by atoms with Gasteiger partial charge in [0.1, 0.15) is 0 Å². The maximum Gasteiger partial charge on any atom is 0.0667 e. The summed E-state index contributed by atoms with van der Waals surface area (Å²) in [6.45, 7) is 3.13. The predicted octanol–water partition coefficient (Wildman–Crippen LogP) is 1.92. The standard InChI is InChI=1S/C16H18N2.Ca.2H/c1-3-7-14(8-4-1)16-13-17-11-12-18(16)15-9-5-2-6-10-15;;;/h1-10,16-17H,11-13H2;;;. The minimum absolute atomic E-state index is 0. The van der Waals surface area contributed by atoms with Crippen molar-refractivity contribution in [2.75, 3.05) is 24.5 Å². The van der Waals surface area contributed by atoms with Gasteiger partial charge in [-0.3, -0.25) is 0 Å².